The minimum Gasteiger partial charge on any atom is -0.497 e. The molecule has 0 amide bonds. The highest BCUT2D eigenvalue weighted by atomic mass is 16.7. The largest absolute Gasteiger partial charge is 0.497 e. The molecule has 0 saturated carbocycles. The summed E-state index contributed by atoms with van der Waals surface area (Å²) in [5.74, 6) is -3.38. The van der Waals surface area contributed by atoms with E-state index in [4.69, 9.17) is 14.2 Å². The smallest absolute Gasteiger partial charge is 0.346 e. The third kappa shape index (κ3) is 2.84. The van der Waals surface area contributed by atoms with E-state index in [2.05, 4.69) is 0 Å². The van der Waals surface area contributed by atoms with Crippen molar-refractivity contribution in [3.8, 4) is 11.5 Å². The Hall–Kier alpha value is -3.35. The molecule has 0 aromatic heterocycles. The van der Waals surface area contributed by atoms with E-state index in [1.807, 2.05) is 0 Å². The second-order valence-corrected chi connectivity index (χ2v) is 7.11. The lowest BCUT2D eigenvalue weighted by Crippen LogP contribution is -2.66. The summed E-state index contributed by atoms with van der Waals surface area (Å²) >= 11 is 0. The molecule has 1 aliphatic rings. The van der Waals surface area contributed by atoms with Gasteiger partial charge in [0.15, 0.2) is 0 Å². The van der Waals surface area contributed by atoms with Gasteiger partial charge in [0, 0.05) is 11.1 Å². The molecule has 0 aliphatic carbocycles. The van der Waals surface area contributed by atoms with E-state index < -0.39 is 23.3 Å². The van der Waals surface area contributed by atoms with Gasteiger partial charge >= 0.3 is 5.97 Å². The van der Waals surface area contributed by atoms with Crippen molar-refractivity contribution >= 4 is 5.97 Å². The number of hydrogen-bond acceptors (Lipinski definition) is 6. The number of fused-ring (bicyclic) bond motifs is 1. The first kappa shape index (κ1) is 19.9. The lowest BCUT2D eigenvalue weighted by atomic mass is 9.68. The van der Waals surface area contributed by atoms with Gasteiger partial charge in [0.2, 0.25) is 5.60 Å². The van der Waals surface area contributed by atoms with E-state index in [0.717, 1.165) is 7.11 Å². The molecule has 3 aromatic rings. The third-order valence-corrected chi connectivity index (χ3v) is 5.53. The van der Waals surface area contributed by atoms with Crippen LogP contribution in [0.5, 0.6) is 11.5 Å². The molecule has 6 nitrogen and oxygen atoms in total. The van der Waals surface area contributed by atoms with Crippen LogP contribution in [0.1, 0.15) is 22.6 Å². The van der Waals surface area contributed by atoms with Gasteiger partial charge in [-0.15, -0.1) is 0 Å². The van der Waals surface area contributed by atoms with Gasteiger partial charge in [-0.1, -0.05) is 60.7 Å². The molecule has 1 heterocycles. The first-order valence-corrected chi connectivity index (χ1v) is 9.46. The summed E-state index contributed by atoms with van der Waals surface area (Å²) in [6.45, 7) is 0. The number of aliphatic hydroxyl groups is 2. The number of para-hydroxylation sites is 1. The van der Waals surface area contributed by atoms with Crippen molar-refractivity contribution in [3.63, 3.8) is 0 Å². The van der Waals surface area contributed by atoms with Crippen LogP contribution >= 0.6 is 0 Å². The van der Waals surface area contributed by atoms with E-state index in [9.17, 15) is 15.0 Å². The monoisotopic (exact) mass is 406 g/mol. The highest BCUT2D eigenvalue weighted by Gasteiger charge is 2.67. The van der Waals surface area contributed by atoms with Gasteiger partial charge in [-0.2, -0.15) is 0 Å². The summed E-state index contributed by atoms with van der Waals surface area (Å²) in [4.78, 5) is 13.1. The third-order valence-electron chi connectivity index (χ3n) is 5.53. The summed E-state index contributed by atoms with van der Waals surface area (Å²) < 4.78 is 16.1. The number of carbonyl (C=O) groups excluding carboxylic acids is 1. The number of hydrogen-bond donors (Lipinski definition) is 2. The molecule has 3 atom stereocenters. The second-order valence-electron chi connectivity index (χ2n) is 7.11. The van der Waals surface area contributed by atoms with E-state index in [0.29, 0.717) is 22.6 Å². The minimum absolute atomic E-state index is 0.228. The molecule has 0 bridgehead atoms. The maximum atomic E-state index is 13.1. The topological polar surface area (TPSA) is 85.2 Å². The fourth-order valence-electron chi connectivity index (χ4n) is 4.04. The summed E-state index contributed by atoms with van der Waals surface area (Å²) in [6, 6.07) is 22.3. The Bertz CT molecular complexity index is 1050. The van der Waals surface area contributed by atoms with Gasteiger partial charge in [0.1, 0.15) is 11.5 Å². The molecular weight excluding hydrogens is 384 g/mol. The fourth-order valence-corrected chi connectivity index (χ4v) is 4.04. The molecular formula is C24H22O6. The van der Waals surface area contributed by atoms with Crippen LogP contribution in [0.25, 0.3) is 0 Å². The van der Waals surface area contributed by atoms with Gasteiger partial charge in [0.05, 0.1) is 20.1 Å². The Kier molecular flexibility index (Phi) is 4.97. The predicted octanol–water partition coefficient (Wildman–Crippen LogP) is 2.97. The summed E-state index contributed by atoms with van der Waals surface area (Å²) in [5.41, 5.74) is -1.10. The maximum absolute atomic E-state index is 13.1. The second kappa shape index (κ2) is 7.48. The first-order valence-electron chi connectivity index (χ1n) is 9.46. The zero-order valence-electron chi connectivity index (χ0n) is 16.6. The van der Waals surface area contributed by atoms with E-state index in [1.165, 1.54) is 0 Å². The number of methoxy groups -OCH3 is 2. The lowest BCUT2D eigenvalue weighted by Gasteiger charge is -2.49. The van der Waals surface area contributed by atoms with Crippen LogP contribution in [0.3, 0.4) is 0 Å². The Morgan fingerprint density at radius 1 is 0.900 bits per heavy atom. The van der Waals surface area contributed by atoms with Gasteiger partial charge < -0.3 is 24.4 Å². The molecule has 3 aromatic carbocycles. The van der Waals surface area contributed by atoms with Crippen molar-refractivity contribution in [2.75, 3.05) is 14.2 Å². The van der Waals surface area contributed by atoms with Crippen LogP contribution < -0.4 is 9.47 Å². The molecule has 2 N–H and O–H groups in total. The van der Waals surface area contributed by atoms with Crippen LogP contribution in [0.4, 0.5) is 0 Å². The molecule has 0 saturated heterocycles. The predicted molar refractivity (Wildman–Crippen MR) is 109 cm³/mol. The van der Waals surface area contributed by atoms with Crippen molar-refractivity contribution in [1.82, 2.24) is 0 Å². The van der Waals surface area contributed by atoms with Crippen LogP contribution in [0, 0.1) is 0 Å². The highest BCUT2D eigenvalue weighted by Crippen LogP contribution is 2.54. The quantitative estimate of drug-likeness (QED) is 0.648. The first-order chi connectivity index (χ1) is 14.5. The lowest BCUT2D eigenvalue weighted by molar-refractivity contribution is -0.280. The van der Waals surface area contributed by atoms with Gasteiger partial charge in [0.25, 0.3) is 5.79 Å². The Morgan fingerprint density at radius 3 is 2.17 bits per heavy atom. The van der Waals surface area contributed by atoms with Crippen molar-refractivity contribution < 1.29 is 29.2 Å². The summed E-state index contributed by atoms with van der Waals surface area (Å²) in [7, 11) is 2.72. The average molecular weight is 406 g/mol. The molecule has 0 radical (unpaired) electrons. The van der Waals surface area contributed by atoms with Crippen molar-refractivity contribution in [1.29, 1.82) is 0 Å². The standard InChI is InChI=1S/C24H22O6/c1-28-18-14-12-16(13-15-18)21-19-10-6-7-11-20(19)30-24(27,17-8-4-3-5-9-17)23(21,26)22(25)29-2/h3-15,21,26-27H,1-2H3/t21?,23-,24+/m1/s1. The van der Waals surface area contributed by atoms with Crippen molar-refractivity contribution in [3.05, 3.63) is 95.6 Å². The van der Waals surface area contributed by atoms with Gasteiger partial charge in [-0.3, -0.25) is 0 Å². The minimum atomic E-state index is -2.47. The number of benzene rings is 3. The fraction of sp³-hybridized carbons (Fsp3) is 0.208. The molecule has 4 rings (SSSR count). The van der Waals surface area contributed by atoms with Gasteiger partial charge in [-0.05, 0) is 23.8 Å². The number of carbonyl (C=O) groups is 1. The Labute approximate surface area is 174 Å². The normalized spacial score (nSPS) is 25.0. The molecule has 154 valence electrons. The maximum Gasteiger partial charge on any atom is 0.346 e. The van der Waals surface area contributed by atoms with E-state index in [1.54, 1.807) is 86.0 Å². The van der Waals surface area contributed by atoms with Gasteiger partial charge in [-0.25, -0.2) is 4.79 Å². The highest BCUT2D eigenvalue weighted by molar-refractivity contribution is 5.84. The van der Waals surface area contributed by atoms with Crippen LogP contribution in [0.15, 0.2) is 78.9 Å². The van der Waals surface area contributed by atoms with E-state index >= 15 is 0 Å². The Balaban J connectivity index is 2.02. The number of rotatable bonds is 4. The van der Waals surface area contributed by atoms with Crippen molar-refractivity contribution in [2.45, 2.75) is 17.3 Å². The van der Waals surface area contributed by atoms with Crippen LogP contribution in [-0.2, 0) is 15.3 Å². The molecule has 0 fully saturated rings. The molecule has 30 heavy (non-hydrogen) atoms. The van der Waals surface area contributed by atoms with Crippen LogP contribution in [-0.4, -0.2) is 36.0 Å². The summed E-state index contributed by atoms with van der Waals surface area (Å²) in [5, 5.41) is 23.7. The SMILES string of the molecule is COC(=O)[C@]1(O)C(c2ccc(OC)cc2)c2ccccc2O[C@@]1(O)c1ccccc1. The zero-order valence-corrected chi connectivity index (χ0v) is 16.6. The van der Waals surface area contributed by atoms with Crippen LogP contribution in [0.2, 0.25) is 0 Å². The number of esters is 1. The number of ether oxygens (including phenoxy) is 3. The van der Waals surface area contributed by atoms with E-state index in [-0.39, 0.29) is 5.56 Å². The molecule has 1 unspecified atom stereocenters. The molecule has 0 spiro atoms. The average Bonchev–Trinajstić information content (AvgIpc) is 2.80. The molecule has 1 aliphatic heterocycles. The van der Waals surface area contributed by atoms with Crippen molar-refractivity contribution in [2.24, 2.45) is 0 Å². The Morgan fingerprint density at radius 2 is 1.53 bits per heavy atom. The summed E-state index contributed by atoms with van der Waals surface area (Å²) in [6.07, 6.45) is 0. The zero-order chi connectivity index (χ0) is 21.4. The molecule has 6 heteroatoms.